The first kappa shape index (κ1) is 95.5. The maximum atomic E-state index is 14.6. The number of methoxy groups -OCH3 is 10. The van der Waals surface area contributed by atoms with Crippen molar-refractivity contribution in [3.05, 3.63) is 299 Å². The molecule has 32 nitrogen and oxygen atoms in total. The Balaban J connectivity index is 0.000000198. The molecule has 0 saturated carbocycles. The summed E-state index contributed by atoms with van der Waals surface area (Å²) in [6.45, 7) is 8.73. The zero-order chi connectivity index (χ0) is 97.8. The van der Waals surface area contributed by atoms with E-state index in [1.807, 2.05) is 150 Å². The summed E-state index contributed by atoms with van der Waals surface area (Å²) in [5.74, 6) is 4.66. The number of hydrogen-bond acceptors (Lipinski definition) is 26. The number of nitrogens with zero attached hydrogens (tertiary/aromatic N) is 10. The number of carbonyl (C=O) groups is 6. The lowest BCUT2D eigenvalue weighted by molar-refractivity contribution is 0.0175. The van der Waals surface area contributed by atoms with E-state index >= 15 is 0 Å². The molecular formula is C108H106N10O22. The van der Waals surface area contributed by atoms with Gasteiger partial charge in [0.15, 0.2) is 58.5 Å². The Bertz CT molecular complexity index is 6190. The molecule has 32 heteroatoms. The fraction of sp³-hybridized carbons (Fsp3) is 0.278. The van der Waals surface area contributed by atoms with Gasteiger partial charge in [0, 0.05) is 77.1 Å². The van der Waals surface area contributed by atoms with Gasteiger partial charge >= 0.3 is 12.2 Å². The van der Waals surface area contributed by atoms with Gasteiger partial charge in [-0.15, -0.1) is 0 Å². The van der Waals surface area contributed by atoms with Gasteiger partial charge in [-0.1, -0.05) is 110 Å². The number of amides is 6. The number of ether oxygens (including phenoxy) is 16. The average molecular weight is 1900 g/mol. The number of aliphatic imine (C=N–C) groups is 2. The molecule has 140 heavy (non-hydrogen) atoms. The zero-order valence-corrected chi connectivity index (χ0v) is 79.2. The lowest BCUT2D eigenvalue weighted by atomic mass is 9.92. The molecule has 10 aromatic rings. The minimum Gasteiger partial charge on any atom is -0.497 e. The van der Waals surface area contributed by atoms with Crippen LogP contribution in [0.5, 0.6) is 69.0 Å². The Morgan fingerprint density at radius 3 is 0.921 bits per heavy atom. The van der Waals surface area contributed by atoms with Crippen LogP contribution < -0.4 is 66.6 Å². The van der Waals surface area contributed by atoms with Crippen molar-refractivity contribution in [1.29, 1.82) is 0 Å². The van der Waals surface area contributed by atoms with Gasteiger partial charge in [0.1, 0.15) is 62.6 Å². The van der Waals surface area contributed by atoms with Gasteiger partial charge in [-0.25, -0.2) is 19.4 Å². The van der Waals surface area contributed by atoms with Gasteiger partial charge in [-0.05, 0) is 167 Å². The molecule has 0 aliphatic carbocycles. The molecule has 0 fully saturated rings. The summed E-state index contributed by atoms with van der Waals surface area (Å²) in [5.41, 5.74) is 13.2. The van der Waals surface area contributed by atoms with Gasteiger partial charge in [-0.2, -0.15) is 0 Å². The molecule has 18 rings (SSSR count). The standard InChI is InChI=1S/C59H61N5O14.C49H45N5O8/c1-9-26-75-58(67)63-46-32-52(50(71-5)30-44(46)54(65)61-24-22-38(28-48(61)56(63)73-7)36-14-18-42(69-3)19-15-36)77-34-40-12-11-13-41(60-40)35-78-53-33-47-45(31-51(53)72-6)55(66)62-25-23-39(37-16-20-43(70-4)21-17-37)29-49(62)57(74-8)64(47)59(68)76-27-10-2;1-57-38-12-8-30(9-13-38)32-16-18-53-36(20-32)26-50-42-24-46(44(59-3)22-40(42)48(53)55)61-28-34-6-5-7-35(52-34)29-62-47-25-43-41(23-45(47)60-4)49(56)54-19-17-33(21-37(54)27-51-43)31-10-14-39(58-2)15-11-31/h9-23,30-33,48-49,56-57H,1-2,24-29,34-35H2,3-8H3;5-17,22-27,36-37H,18-21,28-29H2,1-4H3/t48-,49-,56?,57?;36-,37-/m00/s1. The number of carbonyl (C=O) groups excluding carboxylic acids is 6. The summed E-state index contributed by atoms with van der Waals surface area (Å²) in [6.07, 6.45) is 13.3. The zero-order valence-electron chi connectivity index (χ0n) is 79.2. The summed E-state index contributed by atoms with van der Waals surface area (Å²) in [4.78, 5) is 114. The van der Waals surface area contributed by atoms with Gasteiger partial charge < -0.3 is 95.4 Å². The number of fused-ring (bicyclic) bond motifs is 8. The highest BCUT2D eigenvalue weighted by Gasteiger charge is 2.49. The third kappa shape index (κ3) is 20.0. The Morgan fingerprint density at radius 2 is 0.629 bits per heavy atom. The van der Waals surface area contributed by atoms with Crippen molar-refractivity contribution in [3.63, 3.8) is 0 Å². The molecule has 8 aromatic carbocycles. The second-order valence-electron chi connectivity index (χ2n) is 33.5. The highest BCUT2D eigenvalue weighted by molar-refractivity contribution is 6.09. The Hall–Kier alpha value is -16.2. The molecule has 720 valence electrons. The lowest BCUT2D eigenvalue weighted by Crippen LogP contribution is -2.55. The first-order valence-electron chi connectivity index (χ1n) is 45.4. The van der Waals surface area contributed by atoms with E-state index in [-0.39, 0.29) is 134 Å². The maximum absolute atomic E-state index is 14.6. The Morgan fingerprint density at radius 1 is 0.343 bits per heavy atom. The van der Waals surface area contributed by atoms with Crippen LogP contribution in [-0.4, -0.2) is 225 Å². The number of anilines is 2. The molecular weight excluding hydrogens is 1790 g/mol. The smallest absolute Gasteiger partial charge is 0.416 e. The van der Waals surface area contributed by atoms with Gasteiger partial charge in [0.25, 0.3) is 23.6 Å². The number of rotatable bonds is 30. The summed E-state index contributed by atoms with van der Waals surface area (Å²) in [6, 6.07) is 53.6. The first-order valence-corrected chi connectivity index (χ1v) is 45.4. The van der Waals surface area contributed by atoms with Crippen LogP contribution >= 0.6 is 0 Å². The second kappa shape index (κ2) is 43.0. The Kier molecular flexibility index (Phi) is 29.3. The largest absolute Gasteiger partial charge is 0.497 e. The molecule has 2 aromatic heterocycles. The lowest BCUT2D eigenvalue weighted by Gasteiger charge is -2.40. The van der Waals surface area contributed by atoms with E-state index in [4.69, 9.17) is 95.7 Å². The van der Waals surface area contributed by atoms with E-state index in [1.165, 1.54) is 50.4 Å². The van der Waals surface area contributed by atoms with Gasteiger partial charge in [0.05, 0.1) is 149 Å². The van der Waals surface area contributed by atoms with Crippen LogP contribution in [0.15, 0.2) is 242 Å². The quantitative estimate of drug-likeness (QED) is 0.0377. The van der Waals surface area contributed by atoms with Crippen molar-refractivity contribution in [2.75, 3.05) is 120 Å². The number of aromatic nitrogens is 2. The van der Waals surface area contributed by atoms with Crippen molar-refractivity contribution in [2.24, 2.45) is 9.98 Å². The van der Waals surface area contributed by atoms with E-state index in [0.717, 1.165) is 56.0 Å². The molecule has 8 aliphatic heterocycles. The van der Waals surface area contributed by atoms with Gasteiger partial charge in [0.2, 0.25) is 0 Å². The number of hydrogen-bond donors (Lipinski definition) is 0. The summed E-state index contributed by atoms with van der Waals surface area (Å²) < 4.78 is 93.2. The van der Waals surface area contributed by atoms with Crippen LogP contribution in [0.2, 0.25) is 0 Å². The SMILES string of the molecule is C=CCOC(=O)N1c2cc(OCc3cccc(COc4cc5c(cc4OC)C(=O)N4CC=C(c6ccc(OC)cc6)C[C@H]4C(OC)N5C(=O)OCC=C)n3)c(OC)cc2C(=O)N2CC=C(c3ccc(OC)cc3)C[C@H]2C1OC.COc1ccc(C2=CCN3C(=O)c4cc(OC)c(OCc5cccc(COc6cc7c(cc6OC)C(=O)N6CC=C(c8ccc(OC)cc8)C[C@H]6C=N7)n5)cc4N=C[C@@H]3C2)cc1. The predicted molar refractivity (Wildman–Crippen MR) is 525 cm³/mol. The van der Waals surface area contributed by atoms with Crippen LogP contribution in [0.25, 0.3) is 22.3 Å². The highest BCUT2D eigenvalue weighted by atomic mass is 16.6. The number of pyridine rings is 2. The molecule has 6 atom stereocenters. The van der Waals surface area contributed by atoms with Crippen molar-refractivity contribution < 1.29 is 105 Å². The average Bonchev–Trinajstić information content (AvgIpc) is 1.59. The third-order valence-corrected chi connectivity index (χ3v) is 25.6. The fourth-order valence-electron chi connectivity index (χ4n) is 18.4. The van der Waals surface area contributed by atoms with Crippen LogP contribution in [0.3, 0.4) is 0 Å². The second-order valence-corrected chi connectivity index (χ2v) is 33.5. The molecule has 6 amide bonds. The first-order chi connectivity index (χ1) is 68.3. The monoisotopic (exact) mass is 1890 g/mol. The van der Waals surface area contributed by atoms with E-state index < -0.39 is 36.7 Å². The van der Waals surface area contributed by atoms with E-state index in [0.29, 0.717) is 119 Å². The van der Waals surface area contributed by atoms with Gasteiger partial charge in [-0.3, -0.25) is 39.1 Å². The molecule has 0 radical (unpaired) electrons. The summed E-state index contributed by atoms with van der Waals surface area (Å²) in [5, 5.41) is 0. The van der Waals surface area contributed by atoms with Crippen molar-refractivity contribution in [1.82, 2.24) is 29.6 Å². The highest BCUT2D eigenvalue weighted by Crippen LogP contribution is 2.48. The van der Waals surface area contributed by atoms with Crippen molar-refractivity contribution >= 4 is 93.3 Å². The Labute approximate surface area is 810 Å². The molecule has 0 bridgehead atoms. The van der Waals surface area contributed by atoms with Crippen molar-refractivity contribution in [3.8, 4) is 69.0 Å². The maximum Gasteiger partial charge on any atom is 0.416 e. The van der Waals surface area contributed by atoms with E-state index in [2.05, 4.69) is 25.3 Å². The molecule has 0 N–H and O–H groups in total. The van der Waals surface area contributed by atoms with E-state index in [9.17, 15) is 28.8 Å². The molecule has 2 unspecified atom stereocenters. The normalized spacial score (nSPS) is 18.1. The van der Waals surface area contributed by atoms with Crippen LogP contribution in [0, 0.1) is 0 Å². The minimum atomic E-state index is -0.985. The van der Waals surface area contributed by atoms with Crippen LogP contribution in [0.4, 0.5) is 32.3 Å². The molecule has 8 aliphatic rings. The topological polar surface area (TPSA) is 320 Å². The molecule has 0 spiro atoms. The predicted octanol–water partition coefficient (Wildman–Crippen LogP) is 17.4. The van der Waals surface area contributed by atoms with Crippen molar-refractivity contribution in [2.45, 2.75) is 88.7 Å². The number of benzene rings is 8. The van der Waals surface area contributed by atoms with E-state index in [1.54, 1.807) is 119 Å². The summed E-state index contributed by atoms with van der Waals surface area (Å²) in [7, 11) is 15.5. The van der Waals surface area contributed by atoms with Crippen LogP contribution in [-0.2, 0) is 45.4 Å². The van der Waals surface area contributed by atoms with Crippen LogP contribution in [0.1, 0.15) is 112 Å². The minimum absolute atomic E-state index is 0.0768. The summed E-state index contributed by atoms with van der Waals surface area (Å²) >= 11 is 0. The molecule has 10 heterocycles. The fourth-order valence-corrected chi connectivity index (χ4v) is 18.4. The third-order valence-electron chi connectivity index (χ3n) is 25.6. The molecule has 0 saturated heterocycles.